The second-order valence-corrected chi connectivity index (χ2v) is 6.54. The highest BCUT2D eigenvalue weighted by Crippen LogP contribution is 2.48. The summed E-state index contributed by atoms with van der Waals surface area (Å²) in [6, 6.07) is 11.3. The third-order valence-electron chi connectivity index (χ3n) is 4.86. The third kappa shape index (κ3) is 2.99. The van der Waals surface area contributed by atoms with E-state index >= 15 is 0 Å². The minimum absolute atomic E-state index is 0.146. The Morgan fingerprint density at radius 2 is 1.78 bits per heavy atom. The molecule has 5 nitrogen and oxygen atoms in total. The highest BCUT2D eigenvalue weighted by atomic mass is 19.4. The molecule has 8 heteroatoms. The third-order valence-corrected chi connectivity index (χ3v) is 4.86. The molecule has 2 aromatic carbocycles. The molecule has 0 atom stereocenters. The number of ether oxygens (including phenoxy) is 3. The SMILES string of the molecule is COc1ccc(CN2C(=O)C3(COC3)c3cc(OC(F)(F)F)ccc32)cc1. The summed E-state index contributed by atoms with van der Waals surface area (Å²) in [5.41, 5.74) is 1.03. The molecule has 0 bridgehead atoms. The van der Waals surface area contributed by atoms with Crippen LogP contribution in [0, 0.1) is 0 Å². The van der Waals surface area contributed by atoms with Crippen molar-refractivity contribution in [1.29, 1.82) is 0 Å². The van der Waals surface area contributed by atoms with Gasteiger partial charge in [0.2, 0.25) is 5.91 Å². The van der Waals surface area contributed by atoms with Crippen molar-refractivity contribution in [3.05, 3.63) is 53.6 Å². The number of methoxy groups -OCH3 is 1. The average molecular weight is 379 g/mol. The Hall–Kier alpha value is -2.74. The molecule has 2 aromatic rings. The minimum atomic E-state index is -4.79. The van der Waals surface area contributed by atoms with Crippen molar-refractivity contribution < 1.29 is 32.2 Å². The molecular weight excluding hydrogens is 363 g/mol. The summed E-state index contributed by atoms with van der Waals surface area (Å²) in [7, 11) is 1.57. The molecule has 4 rings (SSSR count). The number of rotatable bonds is 4. The predicted molar refractivity (Wildman–Crippen MR) is 89.8 cm³/mol. The molecule has 1 spiro atoms. The number of halogens is 3. The summed E-state index contributed by atoms with van der Waals surface area (Å²) < 4.78 is 52.0. The van der Waals surface area contributed by atoms with Crippen LogP contribution in [0.1, 0.15) is 11.1 Å². The maximum Gasteiger partial charge on any atom is 0.573 e. The van der Waals surface area contributed by atoms with Gasteiger partial charge < -0.3 is 19.1 Å². The van der Waals surface area contributed by atoms with E-state index in [-0.39, 0.29) is 24.9 Å². The molecule has 2 aliphatic heterocycles. The van der Waals surface area contributed by atoms with Gasteiger partial charge in [0.1, 0.15) is 16.9 Å². The van der Waals surface area contributed by atoms with E-state index in [0.717, 1.165) is 5.56 Å². The molecule has 0 saturated carbocycles. The van der Waals surface area contributed by atoms with Crippen LogP contribution < -0.4 is 14.4 Å². The van der Waals surface area contributed by atoms with Crippen molar-refractivity contribution in [3.63, 3.8) is 0 Å². The van der Waals surface area contributed by atoms with E-state index in [4.69, 9.17) is 9.47 Å². The Kier molecular flexibility index (Phi) is 4.03. The van der Waals surface area contributed by atoms with Gasteiger partial charge in [-0.3, -0.25) is 4.79 Å². The van der Waals surface area contributed by atoms with Crippen molar-refractivity contribution in [2.45, 2.75) is 18.3 Å². The number of hydrogen-bond donors (Lipinski definition) is 0. The number of carbonyl (C=O) groups excluding carboxylic acids is 1. The fraction of sp³-hybridized carbons (Fsp3) is 0.316. The molecule has 1 fully saturated rings. The number of fused-ring (bicyclic) bond motifs is 2. The lowest BCUT2D eigenvalue weighted by Crippen LogP contribution is -2.54. The lowest BCUT2D eigenvalue weighted by Gasteiger charge is -2.36. The smallest absolute Gasteiger partial charge is 0.497 e. The van der Waals surface area contributed by atoms with Crippen LogP contribution in [-0.2, 0) is 21.5 Å². The van der Waals surface area contributed by atoms with Gasteiger partial charge in [-0.25, -0.2) is 0 Å². The van der Waals surface area contributed by atoms with Crippen LogP contribution in [0.5, 0.6) is 11.5 Å². The van der Waals surface area contributed by atoms with Crippen molar-refractivity contribution >= 4 is 11.6 Å². The Bertz CT molecular complexity index is 876. The summed E-state index contributed by atoms with van der Waals surface area (Å²) in [5, 5.41) is 0. The van der Waals surface area contributed by atoms with Crippen molar-refractivity contribution in [3.8, 4) is 11.5 Å². The molecule has 27 heavy (non-hydrogen) atoms. The predicted octanol–water partition coefficient (Wildman–Crippen LogP) is 3.41. The first-order chi connectivity index (χ1) is 12.8. The maximum atomic E-state index is 13.0. The lowest BCUT2D eigenvalue weighted by atomic mass is 9.80. The molecule has 142 valence electrons. The van der Waals surface area contributed by atoms with Crippen molar-refractivity contribution in [1.82, 2.24) is 0 Å². The van der Waals surface area contributed by atoms with Gasteiger partial charge in [-0.2, -0.15) is 0 Å². The van der Waals surface area contributed by atoms with Crippen LogP contribution in [0.2, 0.25) is 0 Å². The van der Waals surface area contributed by atoms with E-state index in [1.165, 1.54) is 18.2 Å². The number of benzene rings is 2. The normalized spacial score (nSPS) is 17.6. The van der Waals surface area contributed by atoms with Gasteiger partial charge in [-0.1, -0.05) is 12.1 Å². The minimum Gasteiger partial charge on any atom is -0.497 e. The summed E-state index contributed by atoms with van der Waals surface area (Å²) in [6.45, 7) is 0.595. The van der Waals surface area contributed by atoms with Gasteiger partial charge in [0, 0.05) is 5.69 Å². The maximum absolute atomic E-state index is 13.0. The molecule has 1 amide bonds. The van der Waals surface area contributed by atoms with Crippen LogP contribution in [0.4, 0.5) is 18.9 Å². The highest BCUT2D eigenvalue weighted by molar-refractivity contribution is 6.09. The summed E-state index contributed by atoms with van der Waals surface area (Å²) in [5.74, 6) is 0.181. The standard InChI is InChI=1S/C19H16F3NO4/c1-25-13-4-2-12(3-5-13)9-23-16-7-6-14(27-19(20,21)22)8-15(16)18(17(23)24)10-26-11-18/h2-8H,9-11H2,1H3. The Morgan fingerprint density at radius 3 is 2.33 bits per heavy atom. The topological polar surface area (TPSA) is 48.0 Å². The monoisotopic (exact) mass is 379 g/mol. The molecule has 0 aromatic heterocycles. The first kappa shape index (κ1) is 17.7. The molecule has 0 radical (unpaired) electrons. The van der Waals surface area contributed by atoms with E-state index < -0.39 is 11.8 Å². The summed E-state index contributed by atoms with van der Waals surface area (Å²) in [4.78, 5) is 14.6. The zero-order valence-corrected chi connectivity index (χ0v) is 14.4. The van der Waals surface area contributed by atoms with Crippen LogP contribution in [-0.4, -0.2) is 32.6 Å². The largest absolute Gasteiger partial charge is 0.573 e. The second-order valence-electron chi connectivity index (χ2n) is 6.54. The van der Waals surface area contributed by atoms with E-state index in [0.29, 0.717) is 23.5 Å². The number of alkyl halides is 3. The van der Waals surface area contributed by atoms with E-state index in [1.807, 2.05) is 12.1 Å². The fourth-order valence-corrected chi connectivity index (χ4v) is 3.47. The molecule has 0 aliphatic carbocycles. The first-order valence-corrected chi connectivity index (χ1v) is 8.25. The first-order valence-electron chi connectivity index (χ1n) is 8.25. The van der Waals surface area contributed by atoms with Gasteiger partial charge in [-0.15, -0.1) is 13.2 Å². The van der Waals surface area contributed by atoms with Gasteiger partial charge in [-0.05, 0) is 41.5 Å². The van der Waals surface area contributed by atoms with Crippen LogP contribution >= 0.6 is 0 Å². The lowest BCUT2D eigenvalue weighted by molar-refractivity contribution is -0.274. The summed E-state index contributed by atoms with van der Waals surface area (Å²) >= 11 is 0. The van der Waals surface area contributed by atoms with Gasteiger partial charge in [0.15, 0.2) is 0 Å². The fourth-order valence-electron chi connectivity index (χ4n) is 3.47. The molecule has 2 heterocycles. The quantitative estimate of drug-likeness (QED) is 0.817. The van der Waals surface area contributed by atoms with E-state index in [2.05, 4.69) is 4.74 Å². The summed E-state index contributed by atoms with van der Waals surface area (Å²) in [6.07, 6.45) is -4.79. The molecule has 0 unspecified atom stereocenters. The Labute approximate surface area is 153 Å². The van der Waals surface area contributed by atoms with Crippen LogP contribution in [0.25, 0.3) is 0 Å². The molecule has 1 saturated heterocycles. The van der Waals surface area contributed by atoms with Crippen LogP contribution in [0.15, 0.2) is 42.5 Å². The molecular formula is C19H16F3NO4. The van der Waals surface area contributed by atoms with E-state index in [9.17, 15) is 18.0 Å². The van der Waals surface area contributed by atoms with Crippen LogP contribution in [0.3, 0.4) is 0 Å². The zero-order valence-electron chi connectivity index (χ0n) is 14.4. The number of anilines is 1. The van der Waals surface area contributed by atoms with Crippen molar-refractivity contribution in [2.24, 2.45) is 0 Å². The van der Waals surface area contributed by atoms with Crippen molar-refractivity contribution in [2.75, 3.05) is 25.2 Å². The Balaban J connectivity index is 1.68. The molecule has 0 N–H and O–H groups in total. The number of hydrogen-bond acceptors (Lipinski definition) is 4. The molecule has 2 aliphatic rings. The number of nitrogens with zero attached hydrogens (tertiary/aromatic N) is 1. The highest BCUT2D eigenvalue weighted by Gasteiger charge is 2.56. The van der Waals surface area contributed by atoms with Gasteiger partial charge in [0.05, 0.1) is 26.9 Å². The van der Waals surface area contributed by atoms with Gasteiger partial charge in [0.25, 0.3) is 0 Å². The Morgan fingerprint density at radius 1 is 1.11 bits per heavy atom. The number of amides is 1. The average Bonchev–Trinajstić information content (AvgIpc) is 2.82. The zero-order chi connectivity index (χ0) is 19.2. The second kappa shape index (κ2) is 6.16. The number of carbonyl (C=O) groups is 1. The van der Waals surface area contributed by atoms with E-state index in [1.54, 1.807) is 24.1 Å². The van der Waals surface area contributed by atoms with Gasteiger partial charge >= 0.3 is 6.36 Å².